The number of rotatable bonds is 4. The molecule has 3 amide bonds. The molecule has 0 aromatic heterocycles. The zero-order chi connectivity index (χ0) is 24.1. The van der Waals surface area contributed by atoms with Crippen molar-refractivity contribution in [2.75, 3.05) is 13.1 Å². The lowest BCUT2D eigenvalue weighted by Gasteiger charge is -2.38. The molecule has 176 valence electrons. The van der Waals surface area contributed by atoms with Gasteiger partial charge < -0.3 is 14.1 Å². The summed E-state index contributed by atoms with van der Waals surface area (Å²) >= 11 is 0. The zero-order valence-corrected chi connectivity index (χ0v) is 21.5. The van der Waals surface area contributed by atoms with Gasteiger partial charge in [0.15, 0.2) is 8.32 Å². The van der Waals surface area contributed by atoms with Crippen LogP contribution in [0.5, 0.6) is 0 Å². The first-order valence-electron chi connectivity index (χ1n) is 11.2. The van der Waals surface area contributed by atoms with Crippen LogP contribution in [0.1, 0.15) is 68.7 Å². The molecule has 8 heteroatoms. The Morgan fingerprint density at radius 3 is 2.03 bits per heavy atom. The first-order valence-corrected chi connectivity index (χ1v) is 14.1. The van der Waals surface area contributed by atoms with Gasteiger partial charge in [-0.15, -0.1) is 0 Å². The van der Waals surface area contributed by atoms with E-state index in [1.165, 1.54) is 4.90 Å². The van der Waals surface area contributed by atoms with Crippen molar-refractivity contribution in [2.24, 2.45) is 0 Å². The SMILES string of the molecule is CC(C)(C)OC(=O)N1CC(O[Si](C)(C)C(C)(C)C)C[C@H]1CN1C(=O)c2ccccc2C1=O. The van der Waals surface area contributed by atoms with E-state index in [-0.39, 0.29) is 35.5 Å². The van der Waals surface area contributed by atoms with Crippen LogP contribution in [0.3, 0.4) is 0 Å². The normalized spacial score (nSPS) is 21.9. The predicted molar refractivity (Wildman–Crippen MR) is 125 cm³/mol. The van der Waals surface area contributed by atoms with Crippen LogP contribution in [0.25, 0.3) is 0 Å². The van der Waals surface area contributed by atoms with E-state index >= 15 is 0 Å². The number of likely N-dealkylation sites (tertiary alicyclic amines) is 1. The molecule has 2 atom stereocenters. The molecule has 0 radical (unpaired) electrons. The Hall–Kier alpha value is -2.19. The highest BCUT2D eigenvalue weighted by Crippen LogP contribution is 2.39. The van der Waals surface area contributed by atoms with Crippen LogP contribution in [-0.2, 0) is 9.16 Å². The largest absolute Gasteiger partial charge is 0.444 e. The number of carbonyl (C=O) groups excluding carboxylic acids is 3. The lowest BCUT2D eigenvalue weighted by atomic mass is 10.1. The fourth-order valence-corrected chi connectivity index (χ4v) is 5.24. The summed E-state index contributed by atoms with van der Waals surface area (Å²) in [6.07, 6.45) is -0.0527. The van der Waals surface area contributed by atoms with Crippen LogP contribution in [0.15, 0.2) is 24.3 Å². The molecule has 0 bridgehead atoms. The maximum atomic E-state index is 13.0. The van der Waals surface area contributed by atoms with Crippen molar-refractivity contribution in [3.05, 3.63) is 35.4 Å². The van der Waals surface area contributed by atoms with Gasteiger partial charge in [0, 0.05) is 6.54 Å². The average Bonchev–Trinajstić information content (AvgIpc) is 3.14. The number of carbonyl (C=O) groups is 3. The topological polar surface area (TPSA) is 76.2 Å². The van der Waals surface area contributed by atoms with Crippen LogP contribution in [-0.4, -0.2) is 66.9 Å². The van der Waals surface area contributed by atoms with Gasteiger partial charge in [0.25, 0.3) is 11.8 Å². The standard InChI is InChI=1S/C24H36N2O5Si/c1-23(2,3)30-22(29)25-15-17(31-32(7,8)24(4,5)6)13-16(25)14-26-20(27)18-11-9-10-12-19(18)21(26)28/h9-12,16-17H,13-15H2,1-8H3/t16-,17?/m0/s1. The second kappa shape index (κ2) is 8.30. The molecule has 1 saturated heterocycles. The Morgan fingerprint density at radius 2 is 1.56 bits per heavy atom. The summed E-state index contributed by atoms with van der Waals surface area (Å²) in [6.45, 7) is 16.9. The number of imide groups is 1. The monoisotopic (exact) mass is 460 g/mol. The van der Waals surface area contributed by atoms with Gasteiger partial charge in [0.2, 0.25) is 0 Å². The van der Waals surface area contributed by atoms with Crippen molar-refractivity contribution in [1.82, 2.24) is 9.80 Å². The van der Waals surface area contributed by atoms with Gasteiger partial charge in [-0.25, -0.2) is 4.79 Å². The van der Waals surface area contributed by atoms with E-state index in [2.05, 4.69) is 33.9 Å². The van der Waals surface area contributed by atoms with E-state index in [1.54, 1.807) is 29.2 Å². The molecular weight excluding hydrogens is 424 g/mol. The van der Waals surface area contributed by atoms with Crippen molar-refractivity contribution in [3.8, 4) is 0 Å². The molecule has 0 saturated carbocycles. The second-order valence-corrected chi connectivity index (χ2v) is 16.0. The van der Waals surface area contributed by atoms with Gasteiger partial charge in [0.05, 0.1) is 29.8 Å². The molecule has 7 nitrogen and oxygen atoms in total. The van der Waals surface area contributed by atoms with Gasteiger partial charge in [-0.05, 0) is 57.5 Å². The molecule has 2 aliphatic heterocycles. The fraction of sp³-hybridized carbons (Fsp3) is 0.625. The number of benzene rings is 1. The molecule has 0 aliphatic carbocycles. The summed E-state index contributed by atoms with van der Waals surface area (Å²) in [5.41, 5.74) is 0.178. The van der Waals surface area contributed by atoms with Crippen LogP contribution < -0.4 is 0 Å². The molecule has 0 N–H and O–H groups in total. The predicted octanol–water partition coefficient (Wildman–Crippen LogP) is 4.68. The van der Waals surface area contributed by atoms with E-state index in [0.29, 0.717) is 24.1 Å². The van der Waals surface area contributed by atoms with E-state index < -0.39 is 20.0 Å². The van der Waals surface area contributed by atoms with Crippen LogP contribution in [0.4, 0.5) is 4.79 Å². The lowest BCUT2D eigenvalue weighted by Crippen LogP contribution is -2.47. The number of fused-ring (bicyclic) bond motifs is 1. The summed E-state index contributed by atoms with van der Waals surface area (Å²) in [4.78, 5) is 41.7. The summed E-state index contributed by atoms with van der Waals surface area (Å²) < 4.78 is 12.2. The second-order valence-electron chi connectivity index (χ2n) is 11.3. The summed E-state index contributed by atoms with van der Waals surface area (Å²) in [5, 5.41) is 0.0321. The van der Waals surface area contributed by atoms with E-state index in [0.717, 1.165) is 0 Å². The third-order valence-electron chi connectivity index (χ3n) is 6.54. The smallest absolute Gasteiger partial charge is 0.410 e. The lowest BCUT2D eigenvalue weighted by molar-refractivity contribution is 0.0179. The van der Waals surface area contributed by atoms with Gasteiger partial charge >= 0.3 is 6.09 Å². The third kappa shape index (κ3) is 4.91. The molecule has 1 aromatic rings. The number of amides is 3. The molecule has 3 rings (SSSR count). The number of hydrogen-bond donors (Lipinski definition) is 0. The Balaban J connectivity index is 1.82. The van der Waals surface area contributed by atoms with Gasteiger partial charge in [0.1, 0.15) is 5.60 Å². The Morgan fingerprint density at radius 1 is 1.03 bits per heavy atom. The van der Waals surface area contributed by atoms with Crippen LogP contribution >= 0.6 is 0 Å². The first kappa shape index (κ1) is 24.4. The highest BCUT2D eigenvalue weighted by Gasteiger charge is 2.46. The molecule has 1 fully saturated rings. The van der Waals surface area contributed by atoms with Gasteiger partial charge in [-0.3, -0.25) is 14.5 Å². The molecule has 1 unspecified atom stereocenters. The minimum atomic E-state index is -2.06. The summed E-state index contributed by atoms with van der Waals surface area (Å²) in [5.74, 6) is -0.632. The van der Waals surface area contributed by atoms with Gasteiger partial charge in [-0.2, -0.15) is 0 Å². The van der Waals surface area contributed by atoms with E-state index in [9.17, 15) is 14.4 Å². The van der Waals surface area contributed by atoms with Crippen molar-refractivity contribution in [1.29, 1.82) is 0 Å². The van der Waals surface area contributed by atoms with Crippen LogP contribution in [0, 0.1) is 0 Å². The maximum Gasteiger partial charge on any atom is 0.410 e. The number of hydrogen-bond acceptors (Lipinski definition) is 5. The minimum Gasteiger partial charge on any atom is -0.444 e. The Kier molecular flexibility index (Phi) is 6.34. The highest BCUT2D eigenvalue weighted by atomic mass is 28.4. The number of nitrogens with zero attached hydrogens (tertiary/aromatic N) is 2. The molecular formula is C24H36N2O5Si. The van der Waals surface area contributed by atoms with Crippen molar-refractivity contribution < 1.29 is 23.5 Å². The molecule has 32 heavy (non-hydrogen) atoms. The van der Waals surface area contributed by atoms with Gasteiger partial charge in [-0.1, -0.05) is 32.9 Å². The van der Waals surface area contributed by atoms with Crippen molar-refractivity contribution >= 4 is 26.2 Å². The first-order chi connectivity index (χ1) is 14.6. The molecule has 0 spiro atoms. The molecule has 2 aliphatic rings. The summed E-state index contributed by atoms with van der Waals surface area (Å²) in [6, 6.07) is 6.47. The average molecular weight is 461 g/mol. The zero-order valence-electron chi connectivity index (χ0n) is 20.5. The van der Waals surface area contributed by atoms with Crippen molar-refractivity contribution in [3.63, 3.8) is 0 Å². The highest BCUT2D eigenvalue weighted by molar-refractivity contribution is 6.74. The van der Waals surface area contributed by atoms with E-state index in [4.69, 9.17) is 9.16 Å². The molecule has 1 aromatic carbocycles. The summed E-state index contributed by atoms with van der Waals surface area (Å²) in [7, 11) is -2.06. The molecule has 2 heterocycles. The quantitative estimate of drug-likeness (QED) is 0.482. The Labute approximate surface area is 192 Å². The fourth-order valence-electron chi connectivity index (χ4n) is 3.89. The van der Waals surface area contributed by atoms with Crippen LogP contribution in [0.2, 0.25) is 18.1 Å². The van der Waals surface area contributed by atoms with Crippen molar-refractivity contribution in [2.45, 2.75) is 83.8 Å². The Bertz CT molecular complexity index is 881. The van der Waals surface area contributed by atoms with E-state index in [1.807, 2.05) is 20.8 Å². The maximum absolute atomic E-state index is 13.0. The number of ether oxygens (including phenoxy) is 1. The third-order valence-corrected chi connectivity index (χ3v) is 11.1. The minimum absolute atomic E-state index is 0.0321.